The van der Waals surface area contributed by atoms with Gasteiger partial charge in [-0.05, 0) is 59.5 Å². The molecule has 3 aromatic carbocycles. The molecule has 0 saturated carbocycles. The Labute approximate surface area is 253 Å². The Morgan fingerprint density at radius 3 is 2.35 bits per heavy atom. The molecule has 4 nitrogen and oxygen atoms in total. The van der Waals surface area contributed by atoms with Gasteiger partial charge in [0.2, 0.25) is 0 Å². The summed E-state index contributed by atoms with van der Waals surface area (Å²) in [5, 5.41) is 14.0. The number of hydrogen-bond donors (Lipinski definition) is 1. The molecule has 0 saturated heterocycles. The number of phenolic OH excluding ortho intramolecular Hbond substituents is 1. The molecular weight excluding hydrogens is 694 g/mol. The van der Waals surface area contributed by atoms with Gasteiger partial charge in [-0.15, -0.1) is 29.8 Å². The largest absolute Gasteiger partial charge is 0.506 e. The van der Waals surface area contributed by atoms with Crippen LogP contribution in [0.2, 0.25) is 0 Å². The van der Waals surface area contributed by atoms with E-state index in [0.717, 1.165) is 43.1 Å². The fraction of sp³-hybridized carbons (Fsp3) is 0.176. The van der Waals surface area contributed by atoms with Crippen molar-refractivity contribution in [2.45, 2.75) is 49.5 Å². The van der Waals surface area contributed by atoms with E-state index >= 15 is 0 Å². The Morgan fingerprint density at radius 1 is 0.825 bits per heavy atom. The van der Waals surface area contributed by atoms with E-state index in [0.29, 0.717) is 11.6 Å². The molecule has 0 bridgehead atoms. The van der Waals surface area contributed by atoms with Crippen LogP contribution in [0.3, 0.4) is 0 Å². The van der Waals surface area contributed by atoms with Crippen molar-refractivity contribution in [3.63, 3.8) is 0 Å². The third kappa shape index (κ3) is 5.21. The minimum Gasteiger partial charge on any atom is -0.506 e. The van der Waals surface area contributed by atoms with Crippen LogP contribution in [0, 0.1) is 6.07 Å². The predicted molar refractivity (Wildman–Crippen MR) is 161 cm³/mol. The van der Waals surface area contributed by atoms with Gasteiger partial charge in [-0.1, -0.05) is 80.2 Å². The maximum Gasteiger partial charge on any atom is 0.139 e. The molecule has 0 aliphatic rings. The average molecular weight is 724 g/mol. The number of aromatic hydroxyl groups is 1. The Bertz CT molecular complexity index is 1810. The van der Waals surface area contributed by atoms with Crippen molar-refractivity contribution in [2.24, 2.45) is 0 Å². The van der Waals surface area contributed by atoms with Gasteiger partial charge in [0.1, 0.15) is 11.4 Å². The average Bonchev–Trinajstić information content (AvgIpc) is 3.26. The first-order chi connectivity index (χ1) is 18.9. The molecule has 40 heavy (non-hydrogen) atoms. The Hall–Kier alpha value is -3.40. The number of rotatable bonds is 6. The topological polar surface area (TPSA) is 50.9 Å². The summed E-state index contributed by atoms with van der Waals surface area (Å²) >= 11 is 1.59. The van der Waals surface area contributed by atoms with E-state index < -0.39 is 0 Å². The monoisotopic (exact) mass is 723 g/mol. The predicted octanol–water partition coefficient (Wildman–Crippen LogP) is 9.14. The SMILES string of the molecule is CC(C)c1ccc2c(c1)c1cc(C(C)C)c(-c3[c-]c(Sc4ccccn4)ccc3)nc1n2-c1ccccc1O.[Pt]. The van der Waals surface area contributed by atoms with Gasteiger partial charge in [-0.3, -0.25) is 9.55 Å². The van der Waals surface area contributed by atoms with E-state index in [9.17, 15) is 5.11 Å². The van der Waals surface area contributed by atoms with E-state index in [1.54, 1.807) is 24.0 Å². The molecule has 0 atom stereocenters. The number of para-hydroxylation sites is 2. The molecule has 204 valence electrons. The molecule has 0 fully saturated rings. The van der Waals surface area contributed by atoms with Gasteiger partial charge < -0.3 is 5.11 Å². The van der Waals surface area contributed by atoms with Gasteiger partial charge in [0.25, 0.3) is 0 Å². The fourth-order valence-corrected chi connectivity index (χ4v) is 5.84. The first-order valence-electron chi connectivity index (χ1n) is 13.3. The first-order valence-corrected chi connectivity index (χ1v) is 14.1. The summed E-state index contributed by atoms with van der Waals surface area (Å²) < 4.78 is 2.09. The Balaban J connectivity index is 0.00000323. The summed E-state index contributed by atoms with van der Waals surface area (Å²) in [5.74, 6) is 0.888. The first kappa shape index (κ1) is 28.1. The van der Waals surface area contributed by atoms with Crippen molar-refractivity contribution in [1.82, 2.24) is 14.5 Å². The van der Waals surface area contributed by atoms with Gasteiger partial charge in [0.15, 0.2) is 0 Å². The number of fused-ring (bicyclic) bond motifs is 3. The number of pyridine rings is 2. The third-order valence-electron chi connectivity index (χ3n) is 7.08. The van der Waals surface area contributed by atoms with Crippen LogP contribution in [-0.4, -0.2) is 19.6 Å². The maximum absolute atomic E-state index is 10.9. The smallest absolute Gasteiger partial charge is 0.139 e. The van der Waals surface area contributed by atoms with Crippen molar-refractivity contribution in [3.8, 4) is 22.7 Å². The molecule has 6 rings (SSSR count). The van der Waals surface area contributed by atoms with Crippen molar-refractivity contribution in [1.29, 1.82) is 0 Å². The summed E-state index contributed by atoms with van der Waals surface area (Å²) in [6.45, 7) is 8.84. The second kappa shape index (κ2) is 11.6. The summed E-state index contributed by atoms with van der Waals surface area (Å²) in [6, 6.07) is 32.1. The molecule has 0 spiro atoms. The van der Waals surface area contributed by atoms with Crippen LogP contribution in [-0.2, 0) is 21.1 Å². The second-order valence-electron chi connectivity index (χ2n) is 10.4. The molecule has 1 N–H and O–H groups in total. The maximum atomic E-state index is 10.9. The number of phenols is 1. The zero-order valence-corrected chi connectivity index (χ0v) is 25.9. The molecule has 6 heteroatoms. The van der Waals surface area contributed by atoms with Crippen LogP contribution in [0.15, 0.2) is 101 Å². The van der Waals surface area contributed by atoms with Gasteiger partial charge in [-0.2, -0.15) is 0 Å². The van der Waals surface area contributed by atoms with E-state index in [1.165, 1.54) is 11.1 Å². The molecule has 0 aliphatic carbocycles. The normalized spacial score (nSPS) is 11.4. The number of nitrogens with zero attached hydrogens (tertiary/aromatic N) is 3. The molecule has 6 aromatic rings. The van der Waals surface area contributed by atoms with Gasteiger partial charge >= 0.3 is 0 Å². The molecule has 0 radical (unpaired) electrons. The van der Waals surface area contributed by atoms with Crippen molar-refractivity contribution in [2.75, 3.05) is 0 Å². The molecule has 0 amide bonds. The third-order valence-corrected chi connectivity index (χ3v) is 7.99. The zero-order chi connectivity index (χ0) is 27.1. The van der Waals surface area contributed by atoms with E-state index in [2.05, 4.69) is 85.8 Å². The number of hydrogen-bond acceptors (Lipinski definition) is 4. The van der Waals surface area contributed by atoms with Crippen molar-refractivity contribution in [3.05, 3.63) is 108 Å². The zero-order valence-electron chi connectivity index (χ0n) is 22.8. The van der Waals surface area contributed by atoms with Crippen LogP contribution in [0.1, 0.15) is 50.7 Å². The Morgan fingerprint density at radius 2 is 1.62 bits per heavy atom. The second-order valence-corrected chi connectivity index (χ2v) is 11.5. The molecule has 0 unspecified atom stereocenters. The van der Waals surface area contributed by atoms with Gasteiger partial charge in [0.05, 0.1) is 16.2 Å². The van der Waals surface area contributed by atoms with E-state index in [1.807, 2.05) is 36.4 Å². The summed E-state index contributed by atoms with van der Waals surface area (Å²) in [6.07, 6.45) is 1.81. The molecule has 0 aliphatic heterocycles. The summed E-state index contributed by atoms with van der Waals surface area (Å²) in [7, 11) is 0. The van der Waals surface area contributed by atoms with Crippen LogP contribution < -0.4 is 0 Å². The minimum atomic E-state index is 0. The molecule has 3 aromatic heterocycles. The summed E-state index contributed by atoms with van der Waals surface area (Å²) in [5.41, 5.74) is 6.87. The Kier molecular flexibility index (Phi) is 8.16. The quantitative estimate of drug-likeness (QED) is 0.174. The van der Waals surface area contributed by atoms with E-state index in [4.69, 9.17) is 4.98 Å². The van der Waals surface area contributed by atoms with Crippen molar-refractivity contribution >= 4 is 33.7 Å². The van der Waals surface area contributed by atoms with Crippen LogP contribution >= 0.6 is 11.8 Å². The minimum absolute atomic E-state index is 0. The van der Waals surface area contributed by atoms with Gasteiger partial charge in [0, 0.05) is 38.0 Å². The van der Waals surface area contributed by atoms with Crippen LogP contribution in [0.25, 0.3) is 38.9 Å². The summed E-state index contributed by atoms with van der Waals surface area (Å²) in [4.78, 5) is 10.8. The molecule has 3 heterocycles. The standard InChI is InChI=1S/C34H30N3OS.Pt/c1-21(2)23-15-16-29-27(19-23)28-20-26(22(3)4)33(36-34(28)37(29)30-12-5-6-13-31(30)38)24-10-9-11-25(18-24)39-32-14-7-8-17-35-32;/h5-17,19-22,38H,1-4H3;/q-1;. The van der Waals surface area contributed by atoms with Crippen LogP contribution in [0.5, 0.6) is 5.75 Å². The number of benzene rings is 3. The van der Waals surface area contributed by atoms with Crippen molar-refractivity contribution < 1.29 is 26.2 Å². The fourth-order valence-electron chi connectivity index (χ4n) is 5.04. The molecular formula is C34H30N3OPtS-. The number of aromatic nitrogens is 3. The van der Waals surface area contributed by atoms with Gasteiger partial charge in [-0.25, -0.2) is 4.98 Å². The van der Waals surface area contributed by atoms with Crippen LogP contribution in [0.4, 0.5) is 0 Å². The van der Waals surface area contributed by atoms with E-state index in [-0.39, 0.29) is 32.7 Å².